The van der Waals surface area contributed by atoms with Gasteiger partial charge in [-0.05, 0) is 25.5 Å². The molecule has 0 unspecified atom stereocenters. The van der Waals surface area contributed by atoms with E-state index in [4.69, 9.17) is 10.5 Å². The molecule has 1 aromatic heterocycles. The van der Waals surface area contributed by atoms with Gasteiger partial charge in [0.2, 0.25) is 0 Å². The average molecular weight is 243 g/mol. The summed E-state index contributed by atoms with van der Waals surface area (Å²) in [4.78, 5) is 8.88. The van der Waals surface area contributed by atoms with Gasteiger partial charge in [-0.2, -0.15) is 0 Å². The van der Waals surface area contributed by atoms with Crippen LogP contribution in [0.5, 0.6) is 5.75 Å². The Kier molecular flexibility index (Phi) is 3.46. The van der Waals surface area contributed by atoms with E-state index in [1.54, 1.807) is 7.11 Å². The first-order valence-corrected chi connectivity index (χ1v) is 5.93. The number of hydrogen-bond donors (Lipinski definition) is 1. The normalized spacial score (nSPS) is 10.4. The zero-order valence-corrected chi connectivity index (χ0v) is 10.9. The number of rotatable bonds is 3. The molecule has 0 atom stereocenters. The van der Waals surface area contributed by atoms with Crippen molar-refractivity contribution in [2.24, 2.45) is 0 Å². The third kappa shape index (κ3) is 2.14. The Bertz CT molecular complexity index is 544. The first-order valence-electron chi connectivity index (χ1n) is 5.93. The van der Waals surface area contributed by atoms with Crippen molar-refractivity contribution in [2.75, 3.05) is 12.8 Å². The SMILES string of the molecule is CCc1c(C)nc(-c2ccccc2OC)nc1N. The molecule has 0 aliphatic carbocycles. The van der Waals surface area contributed by atoms with Crippen LogP contribution in [0.15, 0.2) is 24.3 Å². The van der Waals surface area contributed by atoms with E-state index in [0.29, 0.717) is 11.6 Å². The van der Waals surface area contributed by atoms with Crippen LogP contribution in [0.1, 0.15) is 18.2 Å². The molecule has 0 saturated carbocycles. The summed E-state index contributed by atoms with van der Waals surface area (Å²) in [5.74, 6) is 1.91. The molecule has 0 amide bonds. The molecular weight excluding hydrogens is 226 g/mol. The average Bonchev–Trinajstić information content (AvgIpc) is 2.38. The first kappa shape index (κ1) is 12.4. The second-order valence-electron chi connectivity index (χ2n) is 4.05. The van der Waals surface area contributed by atoms with Crippen LogP contribution in [0, 0.1) is 6.92 Å². The highest BCUT2D eigenvalue weighted by molar-refractivity contribution is 5.66. The highest BCUT2D eigenvalue weighted by Gasteiger charge is 2.12. The van der Waals surface area contributed by atoms with E-state index in [2.05, 4.69) is 9.97 Å². The van der Waals surface area contributed by atoms with E-state index < -0.39 is 0 Å². The maximum atomic E-state index is 5.97. The van der Waals surface area contributed by atoms with E-state index in [0.717, 1.165) is 29.0 Å². The Morgan fingerprint density at radius 2 is 1.94 bits per heavy atom. The summed E-state index contributed by atoms with van der Waals surface area (Å²) in [5, 5.41) is 0. The summed E-state index contributed by atoms with van der Waals surface area (Å²) in [7, 11) is 1.63. The fourth-order valence-corrected chi connectivity index (χ4v) is 2.01. The fourth-order valence-electron chi connectivity index (χ4n) is 2.01. The van der Waals surface area contributed by atoms with Crippen LogP contribution >= 0.6 is 0 Å². The van der Waals surface area contributed by atoms with E-state index in [-0.39, 0.29) is 0 Å². The summed E-state index contributed by atoms with van der Waals surface area (Å²) >= 11 is 0. The lowest BCUT2D eigenvalue weighted by molar-refractivity contribution is 0.416. The largest absolute Gasteiger partial charge is 0.496 e. The van der Waals surface area contributed by atoms with Crippen molar-refractivity contribution in [3.63, 3.8) is 0 Å². The number of nitrogen functional groups attached to an aromatic ring is 1. The summed E-state index contributed by atoms with van der Waals surface area (Å²) in [6.45, 7) is 4.00. The van der Waals surface area contributed by atoms with Gasteiger partial charge in [-0.15, -0.1) is 0 Å². The monoisotopic (exact) mass is 243 g/mol. The lowest BCUT2D eigenvalue weighted by Gasteiger charge is -2.11. The van der Waals surface area contributed by atoms with E-state index in [1.807, 2.05) is 38.1 Å². The van der Waals surface area contributed by atoms with E-state index in [9.17, 15) is 0 Å². The first-order chi connectivity index (χ1) is 8.67. The Hall–Kier alpha value is -2.10. The second kappa shape index (κ2) is 5.04. The minimum absolute atomic E-state index is 0.547. The number of ether oxygens (including phenoxy) is 1. The molecule has 0 aliphatic rings. The summed E-state index contributed by atoms with van der Waals surface area (Å²) in [6, 6.07) is 7.66. The lowest BCUT2D eigenvalue weighted by Crippen LogP contribution is -2.05. The minimum Gasteiger partial charge on any atom is -0.496 e. The molecule has 4 heteroatoms. The van der Waals surface area contributed by atoms with E-state index in [1.165, 1.54) is 0 Å². The van der Waals surface area contributed by atoms with Gasteiger partial charge in [0.25, 0.3) is 0 Å². The van der Waals surface area contributed by atoms with Crippen LogP contribution in [-0.4, -0.2) is 17.1 Å². The molecule has 94 valence electrons. The molecule has 1 heterocycles. The van der Waals surface area contributed by atoms with Crippen LogP contribution in [0.3, 0.4) is 0 Å². The zero-order valence-electron chi connectivity index (χ0n) is 10.9. The van der Waals surface area contributed by atoms with Crippen molar-refractivity contribution in [3.05, 3.63) is 35.5 Å². The highest BCUT2D eigenvalue weighted by atomic mass is 16.5. The fraction of sp³-hybridized carbons (Fsp3) is 0.286. The Labute approximate surface area is 107 Å². The second-order valence-corrected chi connectivity index (χ2v) is 4.05. The predicted octanol–water partition coefficient (Wildman–Crippen LogP) is 2.61. The van der Waals surface area contributed by atoms with Crippen LogP contribution in [-0.2, 0) is 6.42 Å². The van der Waals surface area contributed by atoms with Gasteiger partial charge >= 0.3 is 0 Å². The third-order valence-electron chi connectivity index (χ3n) is 2.95. The number of aryl methyl sites for hydroxylation is 1. The van der Waals surface area contributed by atoms with Gasteiger partial charge in [-0.25, -0.2) is 9.97 Å². The summed E-state index contributed by atoms with van der Waals surface area (Å²) in [5.41, 5.74) is 8.76. The molecule has 0 spiro atoms. The predicted molar refractivity (Wildman–Crippen MR) is 72.5 cm³/mol. The number of para-hydroxylation sites is 1. The standard InChI is InChI=1S/C14H17N3O/c1-4-10-9(2)16-14(17-13(10)15)11-7-5-6-8-12(11)18-3/h5-8H,4H2,1-3H3,(H2,15,16,17). The molecule has 2 N–H and O–H groups in total. The molecular formula is C14H17N3O. The molecule has 0 fully saturated rings. The van der Waals surface area contributed by atoms with Crippen molar-refractivity contribution in [1.29, 1.82) is 0 Å². The molecule has 0 saturated heterocycles. The van der Waals surface area contributed by atoms with Gasteiger partial charge in [-0.3, -0.25) is 0 Å². The number of nitrogens with two attached hydrogens (primary N) is 1. The number of aromatic nitrogens is 2. The van der Waals surface area contributed by atoms with Crippen molar-refractivity contribution < 1.29 is 4.74 Å². The maximum Gasteiger partial charge on any atom is 0.165 e. The molecule has 2 rings (SSSR count). The lowest BCUT2D eigenvalue weighted by atomic mass is 10.1. The van der Waals surface area contributed by atoms with Crippen molar-refractivity contribution >= 4 is 5.82 Å². The molecule has 1 aromatic carbocycles. The quantitative estimate of drug-likeness (QED) is 0.900. The van der Waals surface area contributed by atoms with Gasteiger partial charge < -0.3 is 10.5 Å². The van der Waals surface area contributed by atoms with E-state index >= 15 is 0 Å². The molecule has 0 bridgehead atoms. The number of hydrogen-bond acceptors (Lipinski definition) is 4. The zero-order chi connectivity index (χ0) is 13.1. The Morgan fingerprint density at radius 3 is 2.56 bits per heavy atom. The number of benzene rings is 1. The van der Waals surface area contributed by atoms with Crippen LogP contribution < -0.4 is 10.5 Å². The topological polar surface area (TPSA) is 61.0 Å². The van der Waals surface area contributed by atoms with Crippen LogP contribution in [0.2, 0.25) is 0 Å². The number of anilines is 1. The minimum atomic E-state index is 0.547. The van der Waals surface area contributed by atoms with Gasteiger partial charge in [0, 0.05) is 11.3 Å². The Balaban J connectivity index is 2.58. The van der Waals surface area contributed by atoms with Crippen molar-refractivity contribution in [2.45, 2.75) is 20.3 Å². The molecule has 0 aliphatic heterocycles. The van der Waals surface area contributed by atoms with Crippen LogP contribution in [0.25, 0.3) is 11.4 Å². The van der Waals surface area contributed by atoms with Crippen molar-refractivity contribution in [1.82, 2.24) is 9.97 Å². The Morgan fingerprint density at radius 1 is 1.22 bits per heavy atom. The van der Waals surface area contributed by atoms with Gasteiger partial charge in [-0.1, -0.05) is 19.1 Å². The van der Waals surface area contributed by atoms with Gasteiger partial charge in [0.15, 0.2) is 5.82 Å². The molecule has 2 aromatic rings. The molecule has 4 nitrogen and oxygen atoms in total. The number of methoxy groups -OCH3 is 1. The molecule has 18 heavy (non-hydrogen) atoms. The third-order valence-corrected chi connectivity index (χ3v) is 2.95. The van der Waals surface area contributed by atoms with Crippen molar-refractivity contribution in [3.8, 4) is 17.1 Å². The van der Waals surface area contributed by atoms with Crippen LogP contribution in [0.4, 0.5) is 5.82 Å². The molecule has 0 radical (unpaired) electrons. The maximum absolute atomic E-state index is 5.97. The summed E-state index contributed by atoms with van der Waals surface area (Å²) < 4.78 is 5.32. The van der Waals surface area contributed by atoms with Gasteiger partial charge in [0.1, 0.15) is 11.6 Å². The smallest absolute Gasteiger partial charge is 0.165 e. The highest BCUT2D eigenvalue weighted by Crippen LogP contribution is 2.28. The number of nitrogens with zero attached hydrogens (tertiary/aromatic N) is 2. The summed E-state index contributed by atoms with van der Waals surface area (Å²) in [6.07, 6.45) is 0.837. The van der Waals surface area contributed by atoms with Gasteiger partial charge in [0.05, 0.1) is 12.7 Å².